The van der Waals surface area contributed by atoms with Gasteiger partial charge in [0.05, 0.1) is 10.7 Å². The van der Waals surface area contributed by atoms with Crippen molar-refractivity contribution in [2.45, 2.75) is 24.5 Å². The molecule has 26 heavy (non-hydrogen) atoms. The summed E-state index contributed by atoms with van der Waals surface area (Å²) in [6.45, 7) is 5.63. The molecule has 0 spiro atoms. The highest BCUT2D eigenvalue weighted by Gasteiger charge is 2.21. The van der Waals surface area contributed by atoms with E-state index in [9.17, 15) is 8.42 Å². The van der Waals surface area contributed by atoms with E-state index in [0.717, 1.165) is 23.7 Å². The molecule has 10 heteroatoms. The fourth-order valence-electron chi connectivity index (χ4n) is 2.17. The molecular weight excluding hydrogens is 390 g/mol. The fourth-order valence-corrected chi connectivity index (χ4v) is 5.48. The molecule has 0 aromatic carbocycles. The zero-order valence-corrected chi connectivity index (χ0v) is 17.9. The zero-order valence-electron chi connectivity index (χ0n) is 15.4. The summed E-state index contributed by atoms with van der Waals surface area (Å²) in [7, 11) is -0.133. The number of hydrogen-bond acceptors (Lipinski definition) is 6. The summed E-state index contributed by atoms with van der Waals surface area (Å²) in [5.41, 5.74) is 1.09. The summed E-state index contributed by atoms with van der Waals surface area (Å²) in [6.07, 6.45) is 0.826. The maximum Gasteiger partial charge on any atom is 0.252 e. The predicted octanol–water partition coefficient (Wildman–Crippen LogP) is 1.85. The first-order valence-electron chi connectivity index (χ1n) is 8.22. The SMILES string of the molecule is CN=C(NCCc1nc(C)c(C)s1)NCCN(C)S(=O)(=O)c1cccs1. The van der Waals surface area contributed by atoms with E-state index < -0.39 is 10.0 Å². The third-order valence-corrected chi connectivity index (χ3v) is 8.17. The van der Waals surface area contributed by atoms with Crippen molar-refractivity contribution in [2.24, 2.45) is 4.99 Å². The smallest absolute Gasteiger partial charge is 0.252 e. The first-order chi connectivity index (χ1) is 12.3. The second-order valence-electron chi connectivity index (χ2n) is 5.68. The predicted molar refractivity (Wildman–Crippen MR) is 109 cm³/mol. The van der Waals surface area contributed by atoms with Crippen molar-refractivity contribution >= 4 is 38.7 Å². The van der Waals surface area contributed by atoms with Crippen LogP contribution in [0.25, 0.3) is 0 Å². The molecule has 0 unspecified atom stereocenters. The van der Waals surface area contributed by atoms with Gasteiger partial charge in [-0.3, -0.25) is 4.99 Å². The highest BCUT2D eigenvalue weighted by molar-refractivity contribution is 7.91. The number of rotatable bonds is 8. The van der Waals surface area contributed by atoms with Crippen LogP contribution in [0, 0.1) is 13.8 Å². The van der Waals surface area contributed by atoms with E-state index in [1.807, 2.05) is 6.92 Å². The Kier molecular flexibility index (Phi) is 7.56. The van der Waals surface area contributed by atoms with Gasteiger partial charge in [-0.2, -0.15) is 4.31 Å². The summed E-state index contributed by atoms with van der Waals surface area (Å²) in [5.74, 6) is 0.650. The molecule has 0 saturated carbocycles. The lowest BCUT2D eigenvalue weighted by molar-refractivity contribution is 0.471. The van der Waals surface area contributed by atoms with Crippen LogP contribution < -0.4 is 10.6 Å². The van der Waals surface area contributed by atoms with Crippen LogP contribution in [0.4, 0.5) is 0 Å². The monoisotopic (exact) mass is 415 g/mol. The lowest BCUT2D eigenvalue weighted by Gasteiger charge is -2.17. The molecule has 2 N–H and O–H groups in total. The van der Waals surface area contributed by atoms with Gasteiger partial charge in [-0.05, 0) is 25.3 Å². The van der Waals surface area contributed by atoms with E-state index in [0.29, 0.717) is 23.3 Å². The molecule has 7 nitrogen and oxygen atoms in total. The zero-order chi connectivity index (χ0) is 19.2. The van der Waals surface area contributed by atoms with Crippen LogP contribution >= 0.6 is 22.7 Å². The second kappa shape index (κ2) is 9.45. The molecule has 0 radical (unpaired) electrons. The first-order valence-corrected chi connectivity index (χ1v) is 11.4. The molecule has 2 aromatic heterocycles. The number of nitrogens with zero attached hydrogens (tertiary/aromatic N) is 3. The van der Waals surface area contributed by atoms with Crippen LogP contribution in [0.2, 0.25) is 0 Å². The first kappa shape index (κ1) is 20.8. The van der Waals surface area contributed by atoms with Crippen molar-refractivity contribution in [2.75, 3.05) is 33.7 Å². The number of aryl methyl sites for hydroxylation is 2. The van der Waals surface area contributed by atoms with Crippen LogP contribution in [-0.2, 0) is 16.4 Å². The second-order valence-corrected chi connectivity index (χ2v) is 10.2. The third kappa shape index (κ3) is 5.50. The molecular formula is C16H25N5O2S3. The van der Waals surface area contributed by atoms with Gasteiger partial charge < -0.3 is 10.6 Å². The van der Waals surface area contributed by atoms with Crippen molar-refractivity contribution in [1.82, 2.24) is 19.9 Å². The summed E-state index contributed by atoms with van der Waals surface area (Å²) in [5, 5.41) is 9.23. The summed E-state index contributed by atoms with van der Waals surface area (Å²) in [4.78, 5) is 9.93. The topological polar surface area (TPSA) is 86.7 Å². The summed E-state index contributed by atoms with van der Waals surface area (Å²) < 4.78 is 26.4. The van der Waals surface area contributed by atoms with Gasteiger partial charge in [-0.15, -0.1) is 22.7 Å². The Labute approximate surface area is 163 Å². The van der Waals surface area contributed by atoms with E-state index in [4.69, 9.17) is 0 Å². The number of likely N-dealkylation sites (N-methyl/N-ethyl adjacent to an activating group) is 1. The minimum atomic E-state index is -3.41. The number of aromatic nitrogens is 1. The number of aliphatic imine (C=N–C) groups is 1. The van der Waals surface area contributed by atoms with E-state index in [1.165, 1.54) is 20.5 Å². The molecule has 0 aliphatic heterocycles. The lowest BCUT2D eigenvalue weighted by Crippen LogP contribution is -2.42. The largest absolute Gasteiger partial charge is 0.356 e. The molecule has 144 valence electrons. The van der Waals surface area contributed by atoms with Crippen molar-refractivity contribution < 1.29 is 8.42 Å². The number of thiazole rings is 1. The van der Waals surface area contributed by atoms with Crippen molar-refractivity contribution in [1.29, 1.82) is 0 Å². The fraction of sp³-hybridized carbons (Fsp3) is 0.500. The van der Waals surface area contributed by atoms with Crippen molar-refractivity contribution in [3.63, 3.8) is 0 Å². The molecule has 0 fully saturated rings. The van der Waals surface area contributed by atoms with Crippen LogP contribution in [0.15, 0.2) is 26.7 Å². The van der Waals surface area contributed by atoms with Crippen molar-refractivity contribution in [3.05, 3.63) is 33.1 Å². The van der Waals surface area contributed by atoms with Gasteiger partial charge in [0.15, 0.2) is 5.96 Å². The Bertz CT molecular complexity index is 809. The van der Waals surface area contributed by atoms with Crippen LogP contribution in [0.3, 0.4) is 0 Å². The van der Waals surface area contributed by atoms with Gasteiger partial charge in [0.1, 0.15) is 4.21 Å². The quantitative estimate of drug-likeness (QED) is 0.508. The molecule has 0 aliphatic rings. The van der Waals surface area contributed by atoms with Crippen molar-refractivity contribution in [3.8, 4) is 0 Å². The molecule has 2 aromatic rings. The Balaban J connectivity index is 1.75. The van der Waals surface area contributed by atoms with Gasteiger partial charge in [-0.1, -0.05) is 6.07 Å². The molecule has 0 amide bonds. The summed E-state index contributed by atoms with van der Waals surface area (Å²) >= 11 is 2.94. The molecule has 0 atom stereocenters. The molecule has 0 bridgehead atoms. The minimum Gasteiger partial charge on any atom is -0.356 e. The average molecular weight is 416 g/mol. The molecule has 2 heterocycles. The number of sulfonamides is 1. The van der Waals surface area contributed by atoms with E-state index in [2.05, 4.69) is 27.5 Å². The number of nitrogens with one attached hydrogen (secondary N) is 2. The minimum absolute atomic E-state index is 0.353. The van der Waals surface area contributed by atoms with Crippen LogP contribution in [-0.4, -0.2) is 57.4 Å². The van der Waals surface area contributed by atoms with E-state index in [-0.39, 0.29) is 0 Å². The normalized spacial score (nSPS) is 12.6. The number of hydrogen-bond donors (Lipinski definition) is 2. The van der Waals surface area contributed by atoms with Gasteiger partial charge in [-0.25, -0.2) is 13.4 Å². The highest BCUT2D eigenvalue weighted by atomic mass is 32.2. The van der Waals surface area contributed by atoms with Gasteiger partial charge >= 0.3 is 0 Å². The highest BCUT2D eigenvalue weighted by Crippen LogP contribution is 2.19. The Morgan fingerprint density at radius 3 is 2.62 bits per heavy atom. The van der Waals surface area contributed by atoms with Crippen LogP contribution in [0.1, 0.15) is 15.6 Å². The number of guanidine groups is 1. The van der Waals surface area contributed by atoms with Crippen LogP contribution in [0.5, 0.6) is 0 Å². The Morgan fingerprint density at radius 1 is 1.31 bits per heavy atom. The average Bonchev–Trinajstić information content (AvgIpc) is 3.24. The van der Waals surface area contributed by atoms with Gasteiger partial charge in [0, 0.05) is 45.0 Å². The molecule has 0 aliphatic carbocycles. The van der Waals surface area contributed by atoms with Gasteiger partial charge in [0.25, 0.3) is 10.0 Å². The number of thiophene rings is 1. The maximum absolute atomic E-state index is 12.4. The lowest BCUT2D eigenvalue weighted by atomic mass is 10.4. The van der Waals surface area contributed by atoms with E-state index >= 15 is 0 Å². The molecule has 2 rings (SSSR count). The Hall–Kier alpha value is -1.49. The Morgan fingerprint density at radius 2 is 2.04 bits per heavy atom. The van der Waals surface area contributed by atoms with E-state index in [1.54, 1.807) is 42.9 Å². The standard InChI is InChI=1S/C16H25N5O2S3/c1-12-13(2)25-14(20-12)7-8-18-16(17-3)19-9-10-21(4)26(22,23)15-6-5-11-24-15/h5-6,11H,7-10H2,1-4H3,(H2,17,18,19). The molecule has 0 saturated heterocycles. The summed E-state index contributed by atoms with van der Waals surface area (Å²) in [6, 6.07) is 3.35. The third-order valence-electron chi connectivity index (χ3n) is 3.81. The maximum atomic E-state index is 12.4. The van der Waals surface area contributed by atoms with Gasteiger partial charge in [0.2, 0.25) is 0 Å².